The molecule has 0 spiro atoms. The zero-order valence-electron chi connectivity index (χ0n) is 10.6. The van der Waals surface area contributed by atoms with E-state index in [0.717, 1.165) is 17.6 Å². The summed E-state index contributed by atoms with van der Waals surface area (Å²) in [7, 11) is 0. The lowest BCUT2D eigenvalue weighted by Gasteiger charge is -2.33. The van der Waals surface area contributed by atoms with Crippen molar-refractivity contribution in [2.75, 3.05) is 18.1 Å². The summed E-state index contributed by atoms with van der Waals surface area (Å²) in [6.45, 7) is 2.54. The van der Waals surface area contributed by atoms with Gasteiger partial charge in [0.25, 0.3) is 11.6 Å². The molecule has 0 bridgehead atoms. The molecule has 5 nitrogen and oxygen atoms in total. The Bertz CT molecular complexity index is 568. The molecule has 1 atom stereocenters. The molecule has 20 heavy (non-hydrogen) atoms. The van der Waals surface area contributed by atoms with Gasteiger partial charge in [-0.05, 0) is 6.92 Å². The molecule has 1 saturated heterocycles. The summed E-state index contributed by atoms with van der Waals surface area (Å²) in [6.07, 6.45) is 0. The van der Waals surface area contributed by atoms with Crippen LogP contribution in [0, 0.1) is 10.1 Å². The Labute approximate surface area is 130 Å². The average molecular weight is 335 g/mol. The van der Waals surface area contributed by atoms with Crippen molar-refractivity contribution in [2.24, 2.45) is 0 Å². The number of hydrogen-bond acceptors (Lipinski definition) is 4. The van der Waals surface area contributed by atoms with Crippen LogP contribution in [0.5, 0.6) is 0 Å². The predicted molar refractivity (Wildman–Crippen MR) is 80.9 cm³/mol. The molecule has 1 heterocycles. The van der Waals surface area contributed by atoms with E-state index in [4.69, 9.17) is 23.2 Å². The molecule has 1 unspecified atom stereocenters. The molecule has 0 N–H and O–H groups in total. The molecule has 108 valence electrons. The molecular formula is C12H12Cl2N2O3S. The first-order valence-electron chi connectivity index (χ1n) is 5.94. The molecule has 1 aromatic rings. The third-order valence-corrected chi connectivity index (χ3v) is 5.07. The molecule has 1 aliphatic heterocycles. The highest BCUT2D eigenvalue weighted by Crippen LogP contribution is 2.32. The fourth-order valence-corrected chi connectivity index (χ4v) is 3.44. The molecule has 1 amide bonds. The number of thioether (sulfide) groups is 1. The SMILES string of the molecule is CC1CSCCN1C(=O)c1cc([N+](=O)[O-])cc(Cl)c1Cl. The number of rotatable bonds is 2. The number of non-ortho nitro benzene ring substituents is 1. The second-order valence-corrected chi connectivity index (χ2v) is 6.40. The Kier molecular flexibility index (Phi) is 4.78. The van der Waals surface area contributed by atoms with Crippen LogP contribution in [-0.2, 0) is 0 Å². The van der Waals surface area contributed by atoms with Gasteiger partial charge in [0, 0.05) is 36.2 Å². The maximum absolute atomic E-state index is 12.5. The van der Waals surface area contributed by atoms with Crippen LogP contribution in [0.2, 0.25) is 10.0 Å². The van der Waals surface area contributed by atoms with Crippen molar-refractivity contribution in [3.63, 3.8) is 0 Å². The van der Waals surface area contributed by atoms with Gasteiger partial charge < -0.3 is 4.90 Å². The number of nitro groups is 1. The van der Waals surface area contributed by atoms with E-state index >= 15 is 0 Å². The van der Waals surface area contributed by atoms with Crippen LogP contribution in [0.3, 0.4) is 0 Å². The lowest BCUT2D eigenvalue weighted by atomic mass is 10.1. The molecule has 0 saturated carbocycles. The number of carbonyl (C=O) groups is 1. The van der Waals surface area contributed by atoms with E-state index < -0.39 is 4.92 Å². The molecule has 0 aromatic heterocycles. The largest absolute Gasteiger partial charge is 0.334 e. The number of hydrogen-bond donors (Lipinski definition) is 0. The Hall–Kier alpha value is -0.980. The Balaban J connectivity index is 2.40. The number of nitrogens with zero attached hydrogens (tertiary/aromatic N) is 2. The van der Waals surface area contributed by atoms with Crippen LogP contribution >= 0.6 is 35.0 Å². The highest BCUT2D eigenvalue weighted by Gasteiger charge is 2.28. The maximum atomic E-state index is 12.5. The number of amides is 1. The fourth-order valence-electron chi connectivity index (χ4n) is 2.02. The molecule has 2 rings (SSSR count). The van der Waals surface area contributed by atoms with Gasteiger partial charge in [-0.3, -0.25) is 14.9 Å². The molecule has 1 fully saturated rings. The van der Waals surface area contributed by atoms with E-state index in [1.54, 1.807) is 16.7 Å². The summed E-state index contributed by atoms with van der Waals surface area (Å²) in [5, 5.41) is 10.9. The minimum atomic E-state index is -0.589. The van der Waals surface area contributed by atoms with E-state index in [2.05, 4.69) is 0 Å². The highest BCUT2D eigenvalue weighted by molar-refractivity contribution is 7.99. The Morgan fingerprint density at radius 1 is 1.50 bits per heavy atom. The van der Waals surface area contributed by atoms with Gasteiger partial charge in [-0.15, -0.1) is 0 Å². The number of halogens is 2. The summed E-state index contributed by atoms with van der Waals surface area (Å²) in [5.74, 6) is 1.37. The lowest BCUT2D eigenvalue weighted by Crippen LogP contribution is -2.44. The number of nitro benzene ring substituents is 1. The molecule has 0 radical (unpaired) electrons. The van der Waals surface area contributed by atoms with E-state index in [0.29, 0.717) is 6.54 Å². The normalized spacial score (nSPS) is 18.9. The van der Waals surface area contributed by atoms with E-state index in [1.165, 1.54) is 6.07 Å². The van der Waals surface area contributed by atoms with Crippen molar-refractivity contribution in [1.82, 2.24) is 4.90 Å². The van der Waals surface area contributed by atoms with Crippen LogP contribution in [-0.4, -0.2) is 39.8 Å². The summed E-state index contributed by atoms with van der Waals surface area (Å²) >= 11 is 13.7. The van der Waals surface area contributed by atoms with Crippen LogP contribution in [0.15, 0.2) is 12.1 Å². The van der Waals surface area contributed by atoms with Gasteiger partial charge in [0.2, 0.25) is 0 Å². The smallest absolute Gasteiger partial charge is 0.271 e. The van der Waals surface area contributed by atoms with Gasteiger partial charge in [0.05, 0.1) is 20.5 Å². The molecule has 1 aliphatic rings. The van der Waals surface area contributed by atoms with Crippen molar-refractivity contribution < 1.29 is 9.72 Å². The van der Waals surface area contributed by atoms with Crippen molar-refractivity contribution in [3.8, 4) is 0 Å². The number of carbonyl (C=O) groups excluding carboxylic acids is 1. The fraction of sp³-hybridized carbons (Fsp3) is 0.417. The van der Waals surface area contributed by atoms with Crippen molar-refractivity contribution in [1.29, 1.82) is 0 Å². The summed E-state index contributed by atoms with van der Waals surface area (Å²) in [4.78, 5) is 24.5. The van der Waals surface area contributed by atoms with Crippen LogP contribution in [0.25, 0.3) is 0 Å². The monoisotopic (exact) mass is 334 g/mol. The predicted octanol–water partition coefficient (Wildman–Crippen LogP) is 3.48. The molecular weight excluding hydrogens is 323 g/mol. The van der Waals surface area contributed by atoms with Gasteiger partial charge in [-0.1, -0.05) is 23.2 Å². The van der Waals surface area contributed by atoms with Gasteiger partial charge >= 0.3 is 0 Å². The standard InChI is InChI=1S/C12H12Cl2N2O3S/c1-7-6-20-3-2-15(7)12(17)9-4-8(16(18)19)5-10(13)11(9)14/h4-5,7H,2-3,6H2,1H3. The number of benzene rings is 1. The Morgan fingerprint density at radius 3 is 2.80 bits per heavy atom. The van der Waals surface area contributed by atoms with E-state index in [-0.39, 0.29) is 33.2 Å². The Morgan fingerprint density at radius 2 is 2.20 bits per heavy atom. The minimum Gasteiger partial charge on any atom is -0.334 e. The minimum absolute atomic E-state index is 0.0169. The van der Waals surface area contributed by atoms with Gasteiger partial charge in [0.15, 0.2) is 0 Å². The van der Waals surface area contributed by atoms with Crippen LogP contribution in [0.1, 0.15) is 17.3 Å². The van der Waals surface area contributed by atoms with Gasteiger partial charge in [0.1, 0.15) is 0 Å². The molecule has 0 aliphatic carbocycles. The second-order valence-electron chi connectivity index (χ2n) is 4.47. The van der Waals surface area contributed by atoms with Crippen LogP contribution < -0.4 is 0 Å². The molecule has 8 heteroatoms. The first-order chi connectivity index (χ1) is 9.41. The summed E-state index contributed by atoms with van der Waals surface area (Å²) in [5.41, 5.74) is -0.147. The van der Waals surface area contributed by atoms with Crippen molar-refractivity contribution in [3.05, 3.63) is 37.9 Å². The lowest BCUT2D eigenvalue weighted by molar-refractivity contribution is -0.384. The first kappa shape index (κ1) is 15.4. The zero-order chi connectivity index (χ0) is 14.9. The summed E-state index contributed by atoms with van der Waals surface area (Å²) in [6, 6.07) is 2.40. The van der Waals surface area contributed by atoms with Crippen molar-refractivity contribution in [2.45, 2.75) is 13.0 Å². The highest BCUT2D eigenvalue weighted by atomic mass is 35.5. The topological polar surface area (TPSA) is 63.5 Å². The van der Waals surface area contributed by atoms with Crippen molar-refractivity contribution >= 4 is 46.6 Å². The second kappa shape index (κ2) is 6.20. The summed E-state index contributed by atoms with van der Waals surface area (Å²) < 4.78 is 0. The third kappa shape index (κ3) is 3.02. The van der Waals surface area contributed by atoms with E-state index in [1.807, 2.05) is 6.92 Å². The van der Waals surface area contributed by atoms with Gasteiger partial charge in [-0.25, -0.2) is 0 Å². The first-order valence-corrected chi connectivity index (χ1v) is 7.85. The van der Waals surface area contributed by atoms with Crippen LogP contribution in [0.4, 0.5) is 5.69 Å². The maximum Gasteiger partial charge on any atom is 0.271 e. The van der Waals surface area contributed by atoms with E-state index in [9.17, 15) is 14.9 Å². The molecule has 1 aromatic carbocycles. The third-order valence-electron chi connectivity index (χ3n) is 3.08. The quantitative estimate of drug-likeness (QED) is 0.613. The van der Waals surface area contributed by atoms with Gasteiger partial charge in [-0.2, -0.15) is 11.8 Å². The average Bonchev–Trinajstić information content (AvgIpc) is 2.41. The zero-order valence-corrected chi connectivity index (χ0v) is 13.0.